The Balaban J connectivity index is 1.55. The van der Waals surface area contributed by atoms with E-state index in [1.54, 1.807) is 24.3 Å². The number of nitrogens with zero attached hydrogens (tertiary/aromatic N) is 2. The fourth-order valence-corrected chi connectivity index (χ4v) is 2.93. The lowest BCUT2D eigenvalue weighted by Crippen LogP contribution is -2.36. The van der Waals surface area contributed by atoms with E-state index in [-0.39, 0.29) is 11.1 Å². The van der Waals surface area contributed by atoms with Gasteiger partial charge in [0.05, 0.1) is 17.1 Å². The van der Waals surface area contributed by atoms with Crippen LogP contribution in [0, 0.1) is 10.1 Å². The highest BCUT2D eigenvalue weighted by Gasteiger charge is 2.41. The van der Waals surface area contributed by atoms with Gasteiger partial charge in [-0.1, -0.05) is 6.07 Å². The van der Waals surface area contributed by atoms with E-state index in [1.807, 2.05) is 6.92 Å². The minimum absolute atomic E-state index is 0.166. The summed E-state index contributed by atoms with van der Waals surface area (Å²) in [5.41, 5.74) is -0.614. The van der Waals surface area contributed by atoms with Gasteiger partial charge in [0.25, 0.3) is 23.4 Å². The first-order chi connectivity index (χ1) is 14.8. The summed E-state index contributed by atoms with van der Waals surface area (Å²) < 4.78 is 10.1. The van der Waals surface area contributed by atoms with Crippen LogP contribution in [0.2, 0.25) is 0 Å². The van der Waals surface area contributed by atoms with Crippen LogP contribution in [0.4, 0.5) is 11.4 Å². The van der Waals surface area contributed by atoms with Crippen LogP contribution < -0.4 is 10.1 Å². The summed E-state index contributed by atoms with van der Waals surface area (Å²) in [7, 11) is 0. The molecule has 3 rings (SSSR count). The number of esters is 1. The lowest BCUT2D eigenvalue weighted by atomic mass is 10.1. The van der Waals surface area contributed by atoms with Gasteiger partial charge in [0.15, 0.2) is 6.61 Å². The van der Waals surface area contributed by atoms with Gasteiger partial charge in [-0.05, 0) is 37.3 Å². The third-order valence-electron chi connectivity index (χ3n) is 4.27. The molecule has 0 bridgehead atoms. The summed E-state index contributed by atoms with van der Waals surface area (Å²) in [5.74, 6) is -2.83. The lowest BCUT2D eigenvalue weighted by Gasteiger charge is -2.13. The second kappa shape index (κ2) is 9.03. The molecule has 1 aliphatic rings. The van der Waals surface area contributed by atoms with Gasteiger partial charge in [-0.25, -0.2) is 0 Å². The number of nitrogens with one attached hydrogen (secondary N) is 1. The zero-order valence-electron chi connectivity index (χ0n) is 16.3. The monoisotopic (exact) mass is 427 g/mol. The summed E-state index contributed by atoms with van der Waals surface area (Å²) in [6.07, 6.45) is 0. The van der Waals surface area contributed by atoms with E-state index >= 15 is 0 Å². The molecule has 1 heterocycles. The van der Waals surface area contributed by atoms with Gasteiger partial charge in [-0.15, -0.1) is 0 Å². The number of benzene rings is 2. The largest absolute Gasteiger partial charge is 0.494 e. The van der Waals surface area contributed by atoms with Crippen LogP contribution in [0.25, 0.3) is 0 Å². The maximum atomic E-state index is 12.4. The SMILES string of the molecule is CCOc1ccc(NC(=O)COC(=O)CN2C(=O)c3cccc([N+](=O)[O-])c3C2=O)cc1. The Labute approximate surface area is 175 Å². The van der Waals surface area contributed by atoms with Crippen LogP contribution in [0.5, 0.6) is 5.75 Å². The van der Waals surface area contributed by atoms with Crippen LogP contribution >= 0.6 is 0 Å². The van der Waals surface area contributed by atoms with Crippen LogP contribution in [0.1, 0.15) is 27.6 Å². The van der Waals surface area contributed by atoms with E-state index < -0.39 is 47.5 Å². The Morgan fingerprint density at radius 1 is 1.10 bits per heavy atom. The number of carbonyl (C=O) groups excluding carboxylic acids is 4. The number of hydrogen-bond acceptors (Lipinski definition) is 8. The number of fused-ring (bicyclic) bond motifs is 1. The average molecular weight is 427 g/mol. The summed E-state index contributed by atoms with van der Waals surface area (Å²) in [5, 5.41) is 13.6. The molecule has 1 aliphatic heterocycles. The number of rotatable bonds is 8. The smallest absolute Gasteiger partial charge is 0.326 e. The molecule has 0 saturated heterocycles. The number of nitro benzene ring substituents is 1. The van der Waals surface area contributed by atoms with Crippen molar-refractivity contribution in [3.8, 4) is 5.75 Å². The maximum absolute atomic E-state index is 12.4. The number of carbonyl (C=O) groups is 4. The summed E-state index contributed by atoms with van der Waals surface area (Å²) in [4.78, 5) is 59.6. The minimum Gasteiger partial charge on any atom is -0.494 e. The van der Waals surface area contributed by atoms with Gasteiger partial charge in [0, 0.05) is 11.8 Å². The standard InChI is InChI=1S/C20H17N3O8/c1-2-30-13-8-6-12(7-9-13)21-16(24)11-31-17(25)10-22-19(26)14-4-3-5-15(23(28)29)18(14)20(22)27/h3-9H,2,10-11H2,1H3,(H,21,24). The number of imide groups is 1. The lowest BCUT2D eigenvalue weighted by molar-refractivity contribution is -0.385. The number of amides is 3. The first-order valence-corrected chi connectivity index (χ1v) is 9.13. The highest BCUT2D eigenvalue weighted by atomic mass is 16.6. The molecule has 31 heavy (non-hydrogen) atoms. The zero-order chi connectivity index (χ0) is 22.5. The molecular weight excluding hydrogens is 410 g/mol. The van der Waals surface area contributed by atoms with Gasteiger partial charge in [-0.3, -0.25) is 34.2 Å². The van der Waals surface area contributed by atoms with Crippen molar-refractivity contribution in [2.45, 2.75) is 6.92 Å². The maximum Gasteiger partial charge on any atom is 0.326 e. The van der Waals surface area contributed by atoms with Crippen molar-refractivity contribution in [2.24, 2.45) is 0 Å². The van der Waals surface area contributed by atoms with Gasteiger partial charge in [0.1, 0.15) is 17.9 Å². The quantitative estimate of drug-likeness (QED) is 0.290. The predicted octanol–water partition coefficient (Wildman–Crippen LogP) is 1.77. The van der Waals surface area contributed by atoms with Crippen molar-refractivity contribution < 1.29 is 33.6 Å². The molecule has 0 unspecified atom stereocenters. The number of hydrogen-bond donors (Lipinski definition) is 1. The Hall–Kier alpha value is -4.28. The van der Waals surface area contributed by atoms with Crippen molar-refractivity contribution >= 4 is 35.1 Å². The fourth-order valence-electron chi connectivity index (χ4n) is 2.93. The summed E-state index contributed by atoms with van der Waals surface area (Å²) in [6, 6.07) is 10.2. The molecule has 11 nitrogen and oxygen atoms in total. The van der Waals surface area contributed by atoms with E-state index in [0.29, 0.717) is 22.9 Å². The van der Waals surface area contributed by atoms with Gasteiger partial charge < -0.3 is 14.8 Å². The molecule has 0 radical (unpaired) electrons. The van der Waals surface area contributed by atoms with Crippen molar-refractivity contribution in [2.75, 3.05) is 25.1 Å². The van der Waals surface area contributed by atoms with E-state index in [2.05, 4.69) is 5.32 Å². The van der Waals surface area contributed by atoms with Crippen molar-refractivity contribution in [1.82, 2.24) is 4.90 Å². The molecular formula is C20H17N3O8. The molecule has 0 spiro atoms. The van der Waals surface area contributed by atoms with Crippen molar-refractivity contribution in [3.05, 3.63) is 63.7 Å². The third-order valence-corrected chi connectivity index (χ3v) is 4.27. The van der Waals surface area contributed by atoms with E-state index in [1.165, 1.54) is 12.1 Å². The molecule has 2 aromatic rings. The Morgan fingerprint density at radius 3 is 2.45 bits per heavy atom. The van der Waals surface area contributed by atoms with Gasteiger partial charge >= 0.3 is 5.97 Å². The fraction of sp³-hybridized carbons (Fsp3) is 0.200. The molecule has 0 aliphatic carbocycles. The highest BCUT2D eigenvalue weighted by molar-refractivity contribution is 6.24. The van der Waals surface area contributed by atoms with Gasteiger partial charge in [-0.2, -0.15) is 0 Å². The predicted molar refractivity (Wildman–Crippen MR) is 106 cm³/mol. The summed E-state index contributed by atoms with van der Waals surface area (Å²) in [6.45, 7) is 0.921. The first-order valence-electron chi connectivity index (χ1n) is 9.13. The molecule has 0 fully saturated rings. The van der Waals surface area contributed by atoms with E-state index in [4.69, 9.17) is 9.47 Å². The second-order valence-electron chi connectivity index (χ2n) is 6.32. The zero-order valence-corrected chi connectivity index (χ0v) is 16.3. The topological polar surface area (TPSA) is 145 Å². The van der Waals surface area contributed by atoms with Crippen LogP contribution in [0.15, 0.2) is 42.5 Å². The van der Waals surface area contributed by atoms with Crippen LogP contribution in [-0.4, -0.2) is 53.3 Å². The first kappa shape index (κ1) is 21.4. The van der Waals surface area contributed by atoms with Crippen LogP contribution in [-0.2, 0) is 14.3 Å². The molecule has 11 heteroatoms. The van der Waals surface area contributed by atoms with Crippen molar-refractivity contribution in [1.29, 1.82) is 0 Å². The Bertz CT molecular complexity index is 1060. The molecule has 0 aromatic heterocycles. The summed E-state index contributed by atoms with van der Waals surface area (Å²) >= 11 is 0. The molecule has 0 saturated carbocycles. The number of anilines is 1. The Morgan fingerprint density at radius 2 is 1.81 bits per heavy atom. The number of nitro groups is 1. The number of ether oxygens (including phenoxy) is 2. The molecule has 3 amide bonds. The highest BCUT2D eigenvalue weighted by Crippen LogP contribution is 2.30. The van der Waals surface area contributed by atoms with Gasteiger partial charge in [0.2, 0.25) is 0 Å². The third kappa shape index (κ3) is 4.66. The van der Waals surface area contributed by atoms with Crippen molar-refractivity contribution in [3.63, 3.8) is 0 Å². The second-order valence-corrected chi connectivity index (χ2v) is 6.32. The molecule has 160 valence electrons. The molecule has 1 N–H and O–H groups in total. The van der Waals surface area contributed by atoms with E-state index in [0.717, 1.165) is 6.07 Å². The Kier molecular flexibility index (Phi) is 6.24. The van der Waals surface area contributed by atoms with E-state index in [9.17, 15) is 29.3 Å². The average Bonchev–Trinajstić information content (AvgIpc) is 2.98. The minimum atomic E-state index is -1.01. The molecule has 2 aromatic carbocycles. The van der Waals surface area contributed by atoms with Crippen LogP contribution in [0.3, 0.4) is 0 Å². The normalized spacial score (nSPS) is 12.4. The molecule has 0 atom stereocenters.